The van der Waals surface area contributed by atoms with Crippen LogP contribution in [0.15, 0.2) is 18.2 Å². The van der Waals surface area contributed by atoms with Gasteiger partial charge in [0.25, 0.3) is 0 Å². The predicted octanol–water partition coefficient (Wildman–Crippen LogP) is 2.75. The van der Waals surface area contributed by atoms with Crippen molar-refractivity contribution in [2.24, 2.45) is 0 Å². The highest BCUT2D eigenvalue weighted by Crippen LogP contribution is 2.29. The molecule has 0 aromatic heterocycles. The Morgan fingerprint density at radius 3 is 2.85 bits per heavy atom. The van der Waals surface area contributed by atoms with Crippen LogP contribution >= 0.6 is 0 Å². The summed E-state index contributed by atoms with van der Waals surface area (Å²) in [5.74, 6) is 1.59. The second-order valence-electron chi connectivity index (χ2n) is 5.45. The van der Waals surface area contributed by atoms with Gasteiger partial charge in [-0.25, -0.2) is 0 Å². The Kier molecular flexibility index (Phi) is 5.68. The lowest BCUT2D eigenvalue weighted by Crippen LogP contribution is -2.36. The highest BCUT2D eigenvalue weighted by atomic mass is 16.5. The number of benzene rings is 1. The number of hydrogen-bond acceptors (Lipinski definition) is 4. The molecular weight excluding hydrogens is 254 g/mol. The minimum absolute atomic E-state index is 0.146. The number of ether oxygens (including phenoxy) is 3. The van der Waals surface area contributed by atoms with Gasteiger partial charge in [0.15, 0.2) is 11.5 Å². The smallest absolute Gasteiger partial charge is 0.161 e. The zero-order chi connectivity index (χ0) is 14.4. The largest absolute Gasteiger partial charge is 0.493 e. The van der Waals surface area contributed by atoms with Crippen LogP contribution in [0, 0.1) is 0 Å². The van der Waals surface area contributed by atoms with Gasteiger partial charge in [-0.2, -0.15) is 0 Å². The van der Waals surface area contributed by atoms with Gasteiger partial charge >= 0.3 is 0 Å². The number of rotatable bonds is 6. The van der Waals surface area contributed by atoms with Crippen LogP contribution in [0.3, 0.4) is 0 Å². The highest BCUT2D eigenvalue weighted by molar-refractivity contribution is 5.43. The second kappa shape index (κ2) is 7.50. The zero-order valence-corrected chi connectivity index (χ0v) is 12.6. The molecule has 1 atom stereocenters. The molecule has 112 valence electrons. The molecule has 1 heterocycles. The Morgan fingerprint density at radius 1 is 1.35 bits per heavy atom. The van der Waals surface area contributed by atoms with E-state index >= 15 is 0 Å². The Hall–Kier alpha value is -1.26. The molecule has 0 amide bonds. The maximum Gasteiger partial charge on any atom is 0.161 e. The van der Waals surface area contributed by atoms with Crippen molar-refractivity contribution in [1.29, 1.82) is 0 Å². The monoisotopic (exact) mass is 279 g/mol. The van der Waals surface area contributed by atoms with Gasteiger partial charge in [-0.05, 0) is 44.4 Å². The third-order valence-corrected chi connectivity index (χ3v) is 3.35. The van der Waals surface area contributed by atoms with Crippen LogP contribution in [-0.2, 0) is 11.3 Å². The fourth-order valence-corrected chi connectivity index (χ4v) is 2.34. The van der Waals surface area contributed by atoms with E-state index in [1.807, 2.05) is 26.0 Å². The molecule has 2 rings (SSSR count). The first-order chi connectivity index (χ1) is 9.69. The van der Waals surface area contributed by atoms with Crippen molar-refractivity contribution in [3.8, 4) is 11.5 Å². The van der Waals surface area contributed by atoms with Gasteiger partial charge in [-0.1, -0.05) is 6.07 Å². The molecule has 0 aliphatic carbocycles. The van der Waals surface area contributed by atoms with Gasteiger partial charge in [0, 0.05) is 19.2 Å². The van der Waals surface area contributed by atoms with E-state index in [4.69, 9.17) is 14.2 Å². The lowest BCUT2D eigenvalue weighted by atomic mass is 10.1. The summed E-state index contributed by atoms with van der Waals surface area (Å²) in [5, 5.41) is 3.53. The molecule has 0 bridgehead atoms. The molecule has 1 aromatic rings. The van der Waals surface area contributed by atoms with Crippen molar-refractivity contribution >= 4 is 0 Å². The molecule has 1 saturated heterocycles. The van der Waals surface area contributed by atoms with Gasteiger partial charge in [0.1, 0.15) is 0 Å². The Labute approximate surface area is 121 Å². The minimum atomic E-state index is 0.146. The van der Waals surface area contributed by atoms with Crippen LogP contribution in [0.1, 0.15) is 32.3 Å². The quantitative estimate of drug-likeness (QED) is 0.869. The van der Waals surface area contributed by atoms with Gasteiger partial charge in [0.2, 0.25) is 0 Å². The highest BCUT2D eigenvalue weighted by Gasteiger charge is 2.13. The van der Waals surface area contributed by atoms with Crippen molar-refractivity contribution in [3.05, 3.63) is 23.8 Å². The molecule has 0 radical (unpaired) electrons. The Bertz CT molecular complexity index is 414. The molecule has 0 saturated carbocycles. The van der Waals surface area contributed by atoms with Crippen LogP contribution in [0.2, 0.25) is 0 Å². The third-order valence-electron chi connectivity index (χ3n) is 3.35. The summed E-state index contributed by atoms with van der Waals surface area (Å²) in [6, 6.07) is 6.56. The molecule has 1 aliphatic heterocycles. The molecule has 0 spiro atoms. The summed E-state index contributed by atoms with van der Waals surface area (Å²) >= 11 is 0. The minimum Gasteiger partial charge on any atom is -0.493 e. The lowest BCUT2D eigenvalue weighted by molar-refractivity contribution is 0.0699. The summed E-state index contributed by atoms with van der Waals surface area (Å²) in [4.78, 5) is 0. The average molecular weight is 279 g/mol. The van der Waals surface area contributed by atoms with E-state index in [0.717, 1.165) is 37.7 Å². The normalized spacial score (nSPS) is 19.1. The van der Waals surface area contributed by atoms with Crippen molar-refractivity contribution < 1.29 is 14.2 Å². The summed E-state index contributed by atoms with van der Waals surface area (Å²) in [5.41, 5.74) is 1.20. The number of methoxy groups -OCH3 is 1. The molecule has 4 heteroatoms. The first-order valence-corrected chi connectivity index (χ1v) is 7.33. The van der Waals surface area contributed by atoms with Crippen molar-refractivity contribution in [2.75, 3.05) is 20.3 Å². The molecule has 1 aliphatic rings. The number of hydrogen-bond donors (Lipinski definition) is 1. The predicted molar refractivity (Wildman–Crippen MR) is 79.4 cm³/mol. The van der Waals surface area contributed by atoms with E-state index in [1.165, 1.54) is 12.0 Å². The fourth-order valence-electron chi connectivity index (χ4n) is 2.34. The van der Waals surface area contributed by atoms with Crippen LogP contribution in [0.5, 0.6) is 11.5 Å². The SMILES string of the molecule is COc1cc(CNC2CCCOC2)ccc1OC(C)C. The van der Waals surface area contributed by atoms with E-state index in [1.54, 1.807) is 7.11 Å². The van der Waals surface area contributed by atoms with Crippen LogP contribution < -0.4 is 14.8 Å². The van der Waals surface area contributed by atoms with E-state index < -0.39 is 0 Å². The molecule has 1 fully saturated rings. The first-order valence-electron chi connectivity index (χ1n) is 7.33. The van der Waals surface area contributed by atoms with Gasteiger partial charge in [-0.3, -0.25) is 0 Å². The molecule has 1 N–H and O–H groups in total. The maximum atomic E-state index is 5.72. The molecule has 1 aromatic carbocycles. The maximum absolute atomic E-state index is 5.72. The van der Waals surface area contributed by atoms with Crippen molar-refractivity contribution in [1.82, 2.24) is 5.32 Å². The first kappa shape index (κ1) is 15.1. The van der Waals surface area contributed by atoms with Gasteiger partial charge < -0.3 is 19.5 Å². The summed E-state index contributed by atoms with van der Waals surface area (Å²) in [6.45, 7) is 6.56. The molecule has 20 heavy (non-hydrogen) atoms. The Balaban J connectivity index is 1.94. The van der Waals surface area contributed by atoms with Gasteiger partial charge in [-0.15, -0.1) is 0 Å². The van der Waals surface area contributed by atoms with Crippen LogP contribution in [0.4, 0.5) is 0 Å². The van der Waals surface area contributed by atoms with E-state index in [9.17, 15) is 0 Å². The zero-order valence-electron chi connectivity index (χ0n) is 12.6. The molecule has 1 unspecified atom stereocenters. The standard InChI is InChI=1S/C16H25NO3/c1-12(2)20-15-7-6-13(9-16(15)18-3)10-17-14-5-4-8-19-11-14/h6-7,9,12,14,17H,4-5,8,10-11H2,1-3H3. The topological polar surface area (TPSA) is 39.7 Å². The van der Waals surface area contributed by atoms with Crippen molar-refractivity contribution in [2.45, 2.75) is 45.4 Å². The van der Waals surface area contributed by atoms with E-state index in [-0.39, 0.29) is 6.10 Å². The summed E-state index contributed by atoms with van der Waals surface area (Å²) in [6.07, 6.45) is 2.47. The van der Waals surface area contributed by atoms with Gasteiger partial charge in [0.05, 0.1) is 19.8 Å². The molecular formula is C16H25NO3. The Morgan fingerprint density at radius 2 is 2.20 bits per heavy atom. The van der Waals surface area contributed by atoms with E-state index in [0.29, 0.717) is 6.04 Å². The summed E-state index contributed by atoms with van der Waals surface area (Å²) in [7, 11) is 1.68. The van der Waals surface area contributed by atoms with Crippen LogP contribution in [0.25, 0.3) is 0 Å². The fraction of sp³-hybridized carbons (Fsp3) is 0.625. The van der Waals surface area contributed by atoms with Crippen molar-refractivity contribution in [3.63, 3.8) is 0 Å². The van der Waals surface area contributed by atoms with Crippen LogP contribution in [-0.4, -0.2) is 32.5 Å². The summed E-state index contributed by atoms with van der Waals surface area (Å²) < 4.78 is 16.6. The lowest BCUT2D eigenvalue weighted by Gasteiger charge is -2.23. The molecule has 4 nitrogen and oxygen atoms in total. The number of nitrogens with one attached hydrogen (secondary N) is 1. The van der Waals surface area contributed by atoms with E-state index in [2.05, 4.69) is 11.4 Å². The average Bonchev–Trinajstić information content (AvgIpc) is 2.46. The third kappa shape index (κ3) is 4.39. The second-order valence-corrected chi connectivity index (χ2v) is 5.45.